The first-order valence-corrected chi connectivity index (χ1v) is 10.7. The van der Waals surface area contributed by atoms with E-state index >= 15 is 0 Å². The minimum Gasteiger partial charge on any atom is -0.455 e. The average molecular weight is 441 g/mol. The predicted molar refractivity (Wildman–Crippen MR) is 102 cm³/mol. The van der Waals surface area contributed by atoms with E-state index in [1.165, 1.54) is 18.3 Å². The van der Waals surface area contributed by atoms with Crippen molar-refractivity contribution in [3.05, 3.63) is 53.0 Å². The fraction of sp³-hybridized carbons (Fsp3) is 0.368. The quantitative estimate of drug-likeness (QED) is 0.712. The van der Waals surface area contributed by atoms with Crippen molar-refractivity contribution in [1.82, 2.24) is 14.9 Å². The van der Waals surface area contributed by atoms with Crippen molar-refractivity contribution in [2.75, 3.05) is 20.1 Å². The highest BCUT2D eigenvalue weighted by molar-refractivity contribution is 7.89. The maximum Gasteiger partial charge on any atom is 0.287 e. The number of hydrogen-bond donors (Lipinski definition) is 2. The number of likely N-dealkylation sites (N-methyl/N-ethyl adjacent to an activating group) is 1. The summed E-state index contributed by atoms with van der Waals surface area (Å²) in [5, 5.41) is 4.70. The van der Waals surface area contributed by atoms with Crippen LogP contribution in [-0.4, -0.2) is 44.7 Å². The molecular weight excluding hydrogens is 420 g/mol. The first-order chi connectivity index (χ1) is 14.1. The molecule has 0 spiro atoms. The van der Waals surface area contributed by atoms with Crippen LogP contribution in [-0.2, 0) is 14.8 Å². The number of furan rings is 1. The zero-order valence-corrected chi connectivity index (χ0v) is 17.2. The van der Waals surface area contributed by atoms with Gasteiger partial charge in [0.05, 0.1) is 0 Å². The summed E-state index contributed by atoms with van der Waals surface area (Å²) in [4.78, 5) is 24.7. The molecule has 0 radical (unpaired) electrons. The van der Waals surface area contributed by atoms with Gasteiger partial charge in [-0.3, -0.25) is 9.59 Å². The lowest BCUT2D eigenvalue weighted by molar-refractivity contribution is -0.122. The van der Waals surface area contributed by atoms with E-state index in [0.717, 1.165) is 37.1 Å². The van der Waals surface area contributed by atoms with Gasteiger partial charge in [0, 0.05) is 26.2 Å². The minimum atomic E-state index is -3.81. The first kappa shape index (κ1) is 21.9. The van der Waals surface area contributed by atoms with Crippen LogP contribution >= 0.6 is 0 Å². The van der Waals surface area contributed by atoms with Crippen LogP contribution in [0.4, 0.5) is 8.78 Å². The molecule has 1 aromatic carbocycles. The maximum absolute atomic E-state index is 13.6. The van der Waals surface area contributed by atoms with Crippen molar-refractivity contribution in [3.8, 4) is 0 Å². The SMILES string of the molecule is CNC(=O)C(NC(=O)c1cc(S(=O)(=O)N2CCCC2)c(C)o1)c1ccc(F)c(F)c1. The second kappa shape index (κ2) is 8.52. The number of hydrogen-bond acceptors (Lipinski definition) is 5. The van der Waals surface area contributed by atoms with Crippen molar-refractivity contribution in [3.63, 3.8) is 0 Å². The van der Waals surface area contributed by atoms with Gasteiger partial charge in [-0.15, -0.1) is 0 Å². The van der Waals surface area contributed by atoms with E-state index in [9.17, 15) is 26.8 Å². The van der Waals surface area contributed by atoms with E-state index in [2.05, 4.69) is 10.6 Å². The van der Waals surface area contributed by atoms with Crippen molar-refractivity contribution in [2.24, 2.45) is 0 Å². The highest BCUT2D eigenvalue weighted by atomic mass is 32.2. The Labute approximate surface area is 172 Å². The smallest absolute Gasteiger partial charge is 0.287 e. The Morgan fingerprint density at radius 3 is 2.40 bits per heavy atom. The van der Waals surface area contributed by atoms with E-state index in [-0.39, 0.29) is 22.0 Å². The zero-order valence-electron chi connectivity index (χ0n) is 16.4. The Balaban J connectivity index is 1.88. The number of amides is 2. The summed E-state index contributed by atoms with van der Waals surface area (Å²) >= 11 is 0. The van der Waals surface area contributed by atoms with Gasteiger partial charge >= 0.3 is 0 Å². The lowest BCUT2D eigenvalue weighted by Gasteiger charge is -2.17. The van der Waals surface area contributed by atoms with Gasteiger partial charge in [0.25, 0.3) is 5.91 Å². The molecule has 1 aliphatic rings. The molecule has 2 amide bonds. The van der Waals surface area contributed by atoms with E-state index in [1.807, 2.05) is 0 Å². The van der Waals surface area contributed by atoms with E-state index in [4.69, 9.17) is 4.42 Å². The molecule has 1 atom stereocenters. The minimum absolute atomic E-state index is 0.00906. The summed E-state index contributed by atoms with van der Waals surface area (Å²) in [6.07, 6.45) is 1.51. The summed E-state index contributed by atoms with van der Waals surface area (Å²) in [5.74, 6) is -4.11. The number of carbonyl (C=O) groups excluding carboxylic acids is 2. The summed E-state index contributed by atoms with van der Waals surface area (Å²) in [5.41, 5.74) is 0.00906. The summed E-state index contributed by atoms with van der Waals surface area (Å²) in [7, 11) is -2.49. The standard InChI is InChI=1S/C19H21F2N3O5S/c1-11-16(30(27,28)24-7-3-4-8-24)10-15(29-11)18(25)23-17(19(26)22-2)12-5-6-13(20)14(21)9-12/h5-6,9-10,17H,3-4,7-8H2,1-2H3,(H,22,26)(H,23,25). The van der Waals surface area contributed by atoms with Crippen molar-refractivity contribution in [2.45, 2.75) is 30.7 Å². The van der Waals surface area contributed by atoms with Gasteiger partial charge < -0.3 is 15.1 Å². The van der Waals surface area contributed by atoms with E-state index in [1.54, 1.807) is 0 Å². The van der Waals surface area contributed by atoms with Crippen LogP contribution in [0.3, 0.4) is 0 Å². The summed E-state index contributed by atoms with van der Waals surface area (Å²) in [6.45, 7) is 2.21. The number of nitrogens with zero attached hydrogens (tertiary/aromatic N) is 1. The second-order valence-corrected chi connectivity index (χ2v) is 8.74. The first-order valence-electron chi connectivity index (χ1n) is 9.23. The van der Waals surface area contributed by atoms with Crippen LogP contribution < -0.4 is 10.6 Å². The maximum atomic E-state index is 13.6. The third kappa shape index (κ3) is 4.21. The molecule has 2 aromatic rings. The van der Waals surface area contributed by atoms with Crippen LogP contribution in [0.1, 0.15) is 40.8 Å². The number of nitrogens with one attached hydrogen (secondary N) is 2. The molecule has 162 valence electrons. The fourth-order valence-electron chi connectivity index (χ4n) is 3.24. The monoisotopic (exact) mass is 441 g/mol. The topological polar surface area (TPSA) is 109 Å². The molecule has 0 aliphatic carbocycles. The lowest BCUT2D eigenvalue weighted by Crippen LogP contribution is -2.39. The largest absolute Gasteiger partial charge is 0.455 e. The number of benzene rings is 1. The number of aryl methyl sites for hydroxylation is 1. The number of carbonyl (C=O) groups is 2. The Hall–Kier alpha value is -2.79. The third-order valence-electron chi connectivity index (χ3n) is 4.84. The third-order valence-corrected chi connectivity index (χ3v) is 6.85. The van der Waals surface area contributed by atoms with Crippen LogP contribution in [0.2, 0.25) is 0 Å². The highest BCUT2D eigenvalue weighted by Crippen LogP contribution is 2.27. The van der Waals surface area contributed by atoms with Crippen molar-refractivity contribution >= 4 is 21.8 Å². The van der Waals surface area contributed by atoms with Gasteiger partial charge in [0.1, 0.15) is 16.7 Å². The van der Waals surface area contributed by atoms with E-state index < -0.39 is 39.5 Å². The van der Waals surface area contributed by atoms with Crippen LogP contribution in [0, 0.1) is 18.6 Å². The summed E-state index contributed by atoms with van der Waals surface area (Å²) in [6, 6.07) is 2.55. The molecule has 8 nitrogen and oxygen atoms in total. The summed E-state index contributed by atoms with van der Waals surface area (Å²) < 4.78 is 59.0. The zero-order chi connectivity index (χ0) is 22.1. The van der Waals surface area contributed by atoms with Gasteiger partial charge in [-0.05, 0) is 37.5 Å². The molecule has 11 heteroatoms. The lowest BCUT2D eigenvalue weighted by atomic mass is 10.1. The van der Waals surface area contributed by atoms with Crippen LogP contribution in [0.5, 0.6) is 0 Å². The second-order valence-electron chi connectivity index (χ2n) is 6.84. The molecule has 1 unspecified atom stereocenters. The van der Waals surface area contributed by atoms with Crippen molar-refractivity contribution < 1.29 is 31.2 Å². The number of rotatable bonds is 6. The Kier molecular flexibility index (Phi) is 6.22. The van der Waals surface area contributed by atoms with Gasteiger partial charge in [-0.2, -0.15) is 4.31 Å². The number of sulfonamides is 1. The molecule has 2 heterocycles. The highest BCUT2D eigenvalue weighted by Gasteiger charge is 2.32. The molecule has 30 heavy (non-hydrogen) atoms. The predicted octanol–water partition coefficient (Wildman–Crippen LogP) is 1.87. The molecule has 1 fully saturated rings. The Morgan fingerprint density at radius 2 is 1.80 bits per heavy atom. The number of halogens is 2. The normalized spacial score (nSPS) is 15.7. The molecule has 1 aliphatic heterocycles. The Bertz CT molecular complexity index is 1080. The van der Waals surface area contributed by atoms with Gasteiger partial charge in [-0.1, -0.05) is 6.07 Å². The molecule has 0 saturated carbocycles. The van der Waals surface area contributed by atoms with Gasteiger partial charge in [0.15, 0.2) is 17.4 Å². The molecular formula is C19H21F2N3O5S. The molecule has 1 saturated heterocycles. The Morgan fingerprint density at radius 1 is 1.13 bits per heavy atom. The van der Waals surface area contributed by atoms with Gasteiger partial charge in [0.2, 0.25) is 15.9 Å². The molecule has 0 bridgehead atoms. The average Bonchev–Trinajstić information content (AvgIpc) is 3.38. The molecule has 2 N–H and O–H groups in total. The molecule has 3 rings (SSSR count). The van der Waals surface area contributed by atoms with Crippen molar-refractivity contribution in [1.29, 1.82) is 0 Å². The molecule has 1 aromatic heterocycles. The van der Waals surface area contributed by atoms with E-state index in [0.29, 0.717) is 13.1 Å². The fourth-order valence-corrected chi connectivity index (χ4v) is 4.92. The van der Waals surface area contributed by atoms with Gasteiger partial charge in [-0.25, -0.2) is 17.2 Å². The van der Waals surface area contributed by atoms with Crippen LogP contribution in [0.25, 0.3) is 0 Å². The van der Waals surface area contributed by atoms with Crippen LogP contribution in [0.15, 0.2) is 33.6 Å².